The Hall–Kier alpha value is -3.80. The first-order valence-electron chi connectivity index (χ1n) is 9.53. The van der Waals surface area contributed by atoms with E-state index in [1.54, 1.807) is 36.4 Å². The summed E-state index contributed by atoms with van der Waals surface area (Å²) in [5.41, 5.74) is 4.87. The number of carbonyl (C=O) groups is 2. The molecule has 3 N–H and O–H groups in total. The minimum Gasteiger partial charge on any atom is -0.508 e. The highest BCUT2D eigenvalue weighted by molar-refractivity contribution is 6.04. The molecular formula is C24H24N2O4. The molecule has 6 nitrogen and oxygen atoms in total. The van der Waals surface area contributed by atoms with E-state index in [0.29, 0.717) is 22.7 Å². The van der Waals surface area contributed by atoms with Gasteiger partial charge in [0.1, 0.15) is 11.5 Å². The van der Waals surface area contributed by atoms with Gasteiger partial charge in [0.2, 0.25) is 0 Å². The molecule has 0 fully saturated rings. The summed E-state index contributed by atoms with van der Waals surface area (Å²) in [5, 5.41) is 14.8. The third-order valence-corrected chi connectivity index (χ3v) is 4.71. The van der Waals surface area contributed by atoms with Crippen molar-refractivity contribution < 1.29 is 19.4 Å². The third-order valence-electron chi connectivity index (χ3n) is 4.71. The Kier molecular flexibility index (Phi) is 6.37. The number of aromatic hydroxyl groups is 1. The van der Waals surface area contributed by atoms with Crippen molar-refractivity contribution in [3.05, 3.63) is 82.9 Å². The first-order valence-corrected chi connectivity index (χ1v) is 9.53. The van der Waals surface area contributed by atoms with Gasteiger partial charge in [-0.25, -0.2) is 0 Å². The minimum atomic E-state index is -0.285. The molecule has 0 radical (unpaired) electrons. The van der Waals surface area contributed by atoms with Crippen molar-refractivity contribution in [1.29, 1.82) is 0 Å². The van der Waals surface area contributed by atoms with Gasteiger partial charge in [-0.1, -0.05) is 6.07 Å². The van der Waals surface area contributed by atoms with E-state index >= 15 is 0 Å². The van der Waals surface area contributed by atoms with E-state index in [4.69, 9.17) is 4.74 Å². The number of phenols is 1. The molecule has 0 saturated heterocycles. The zero-order valence-electron chi connectivity index (χ0n) is 17.2. The van der Waals surface area contributed by atoms with E-state index < -0.39 is 0 Å². The lowest BCUT2D eigenvalue weighted by Crippen LogP contribution is -2.20. The van der Waals surface area contributed by atoms with Crippen LogP contribution in [-0.2, 0) is 4.79 Å². The molecule has 0 aliphatic heterocycles. The smallest absolute Gasteiger partial charge is 0.262 e. The van der Waals surface area contributed by atoms with Crippen molar-refractivity contribution >= 4 is 23.2 Å². The summed E-state index contributed by atoms with van der Waals surface area (Å²) in [6.07, 6.45) is 0. The Morgan fingerprint density at radius 2 is 1.37 bits per heavy atom. The summed E-state index contributed by atoms with van der Waals surface area (Å²) in [5.74, 6) is 0.250. The SMILES string of the molecule is Cc1cc(C)c(OCC(=O)Nc2ccc(C(=O)Nc3ccc(O)cc3)cc2)cc1C. The molecule has 3 rings (SSSR count). The quantitative estimate of drug-likeness (QED) is 0.525. The van der Waals surface area contributed by atoms with Crippen LogP contribution in [0.25, 0.3) is 0 Å². The molecule has 0 bridgehead atoms. The first-order chi connectivity index (χ1) is 14.3. The van der Waals surface area contributed by atoms with Crippen LogP contribution in [0.4, 0.5) is 11.4 Å². The van der Waals surface area contributed by atoms with Gasteiger partial charge in [-0.2, -0.15) is 0 Å². The van der Waals surface area contributed by atoms with E-state index in [1.807, 2.05) is 32.9 Å². The fourth-order valence-corrected chi connectivity index (χ4v) is 2.88. The molecule has 0 aromatic heterocycles. The van der Waals surface area contributed by atoms with Crippen molar-refractivity contribution in [3.8, 4) is 11.5 Å². The Morgan fingerprint density at radius 1 is 0.800 bits per heavy atom. The molecule has 0 atom stereocenters. The summed E-state index contributed by atoms with van der Waals surface area (Å²) in [7, 11) is 0. The second kappa shape index (κ2) is 9.13. The maximum Gasteiger partial charge on any atom is 0.262 e. The average Bonchev–Trinajstić information content (AvgIpc) is 2.72. The molecule has 6 heteroatoms. The predicted molar refractivity (Wildman–Crippen MR) is 117 cm³/mol. The number of phenolic OH excluding ortho intramolecular Hbond substituents is 1. The molecule has 0 saturated carbocycles. The van der Waals surface area contributed by atoms with Gasteiger partial charge in [-0.3, -0.25) is 9.59 Å². The highest BCUT2D eigenvalue weighted by Gasteiger charge is 2.09. The zero-order chi connectivity index (χ0) is 21.7. The van der Waals surface area contributed by atoms with Gasteiger partial charge in [0.25, 0.3) is 11.8 Å². The van der Waals surface area contributed by atoms with Crippen molar-refractivity contribution in [2.24, 2.45) is 0 Å². The lowest BCUT2D eigenvalue weighted by Gasteiger charge is -2.12. The summed E-state index contributed by atoms with van der Waals surface area (Å²) >= 11 is 0. The van der Waals surface area contributed by atoms with E-state index in [2.05, 4.69) is 10.6 Å². The number of hydrogen-bond acceptors (Lipinski definition) is 4. The number of amides is 2. The molecule has 154 valence electrons. The first kappa shape index (κ1) is 20.9. The molecule has 0 aliphatic carbocycles. The highest BCUT2D eigenvalue weighted by atomic mass is 16.5. The standard InChI is InChI=1S/C24H24N2O4/c1-15-12-17(3)22(13-16(15)2)30-14-23(28)25-19-6-4-18(5-7-19)24(29)26-20-8-10-21(27)11-9-20/h4-13,27H,14H2,1-3H3,(H,25,28)(H,26,29). The fourth-order valence-electron chi connectivity index (χ4n) is 2.88. The maximum absolute atomic E-state index is 12.3. The van der Waals surface area contributed by atoms with Crippen molar-refractivity contribution in [2.45, 2.75) is 20.8 Å². The van der Waals surface area contributed by atoms with Gasteiger partial charge in [-0.15, -0.1) is 0 Å². The number of anilines is 2. The summed E-state index contributed by atoms with van der Waals surface area (Å²) in [6, 6.07) is 16.7. The van der Waals surface area contributed by atoms with Crippen LogP contribution < -0.4 is 15.4 Å². The Morgan fingerprint density at radius 3 is 2.03 bits per heavy atom. The predicted octanol–water partition coefficient (Wildman–Crippen LogP) is 4.59. The normalized spacial score (nSPS) is 10.4. The highest BCUT2D eigenvalue weighted by Crippen LogP contribution is 2.22. The number of ether oxygens (including phenoxy) is 1. The largest absolute Gasteiger partial charge is 0.508 e. The van der Waals surface area contributed by atoms with Gasteiger partial charge in [0, 0.05) is 16.9 Å². The minimum absolute atomic E-state index is 0.105. The van der Waals surface area contributed by atoms with Crippen LogP contribution in [0.5, 0.6) is 11.5 Å². The number of nitrogens with one attached hydrogen (secondary N) is 2. The van der Waals surface area contributed by atoms with Crippen molar-refractivity contribution in [1.82, 2.24) is 0 Å². The second-order valence-electron chi connectivity index (χ2n) is 7.12. The van der Waals surface area contributed by atoms with E-state index in [9.17, 15) is 14.7 Å². The number of rotatable bonds is 6. The number of aryl methyl sites for hydroxylation is 3. The van der Waals surface area contributed by atoms with Crippen molar-refractivity contribution in [2.75, 3.05) is 17.2 Å². The van der Waals surface area contributed by atoms with Gasteiger partial charge in [0.05, 0.1) is 0 Å². The lowest BCUT2D eigenvalue weighted by molar-refractivity contribution is -0.118. The Bertz CT molecular complexity index is 1060. The molecule has 2 amide bonds. The molecule has 3 aromatic carbocycles. The Labute approximate surface area is 175 Å². The molecular weight excluding hydrogens is 380 g/mol. The van der Waals surface area contributed by atoms with Gasteiger partial charge < -0.3 is 20.5 Å². The second-order valence-corrected chi connectivity index (χ2v) is 7.12. The topological polar surface area (TPSA) is 87.7 Å². The Balaban J connectivity index is 1.54. The molecule has 0 spiro atoms. The monoisotopic (exact) mass is 404 g/mol. The summed E-state index contributed by atoms with van der Waals surface area (Å²) in [4.78, 5) is 24.5. The van der Waals surface area contributed by atoms with Gasteiger partial charge >= 0.3 is 0 Å². The maximum atomic E-state index is 12.3. The van der Waals surface area contributed by atoms with Crippen LogP contribution in [0, 0.1) is 20.8 Å². The molecule has 0 aliphatic rings. The van der Waals surface area contributed by atoms with Crippen LogP contribution in [0.1, 0.15) is 27.0 Å². The van der Waals surface area contributed by atoms with E-state index in [1.165, 1.54) is 17.7 Å². The summed E-state index contributed by atoms with van der Waals surface area (Å²) < 4.78 is 5.65. The van der Waals surface area contributed by atoms with Gasteiger partial charge in [-0.05, 0) is 92.1 Å². The van der Waals surface area contributed by atoms with Crippen LogP contribution in [0.15, 0.2) is 60.7 Å². The van der Waals surface area contributed by atoms with Gasteiger partial charge in [0.15, 0.2) is 6.61 Å². The van der Waals surface area contributed by atoms with Crippen LogP contribution in [0.2, 0.25) is 0 Å². The number of hydrogen-bond donors (Lipinski definition) is 3. The lowest BCUT2D eigenvalue weighted by atomic mass is 10.1. The number of carbonyl (C=O) groups excluding carboxylic acids is 2. The van der Waals surface area contributed by atoms with Crippen LogP contribution >= 0.6 is 0 Å². The van der Waals surface area contributed by atoms with Crippen LogP contribution in [0.3, 0.4) is 0 Å². The molecule has 30 heavy (non-hydrogen) atoms. The van der Waals surface area contributed by atoms with Crippen LogP contribution in [-0.4, -0.2) is 23.5 Å². The van der Waals surface area contributed by atoms with E-state index in [0.717, 1.165) is 11.1 Å². The fraction of sp³-hybridized carbons (Fsp3) is 0.167. The summed E-state index contributed by atoms with van der Waals surface area (Å²) in [6.45, 7) is 5.88. The molecule has 0 unspecified atom stereocenters. The average molecular weight is 404 g/mol. The van der Waals surface area contributed by atoms with Crippen molar-refractivity contribution in [3.63, 3.8) is 0 Å². The number of benzene rings is 3. The van der Waals surface area contributed by atoms with E-state index in [-0.39, 0.29) is 24.2 Å². The zero-order valence-corrected chi connectivity index (χ0v) is 17.2. The third kappa shape index (κ3) is 5.38. The molecule has 0 heterocycles. The molecule has 3 aromatic rings.